The highest BCUT2D eigenvalue weighted by atomic mass is 19.2. The predicted molar refractivity (Wildman–Crippen MR) is 104 cm³/mol. The van der Waals surface area contributed by atoms with Crippen LogP contribution in [0.3, 0.4) is 0 Å². The molecule has 164 valence electrons. The van der Waals surface area contributed by atoms with Gasteiger partial charge in [-0.15, -0.1) is 0 Å². The molecule has 0 saturated heterocycles. The highest BCUT2D eigenvalue weighted by molar-refractivity contribution is 5.92. The van der Waals surface area contributed by atoms with Crippen molar-refractivity contribution in [2.75, 3.05) is 6.61 Å². The molecule has 0 unspecified atom stereocenters. The van der Waals surface area contributed by atoms with E-state index in [4.69, 9.17) is 14.7 Å². The van der Waals surface area contributed by atoms with E-state index in [0.29, 0.717) is 5.92 Å². The molecule has 2 aromatic rings. The molecule has 0 N–H and O–H groups in total. The number of benzene rings is 2. The van der Waals surface area contributed by atoms with Crippen LogP contribution < -0.4 is 9.47 Å². The third kappa shape index (κ3) is 4.98. The van der Waals surface area contributed by atoms with Crippen molar-refractivity contribution in [1.82, 2.24) is 0 Å². The minimum Gasteiger partial charge on any atom is -0.487 e. The van der Waals surface area contributed by atoms with Crippen LogP contribution in [0, 0.1) is 46.4 Å². The zero-order chi connectivity index (χ0) is 22.5. The SMILES string of the molecule is CCC1CCC(COc2c(F)c(F)c(C(=O)Oc3ccc(C#N)cc3)c(F)c2F)CC1. The quantitative estimate of drug-likeness (QED) is 0.244. The van der Waals surface area contributed by atoms with Gasteiger partial charge in [-0.1, -0.05) is 26.2 Å². The molecule has 31 heavy (non-hydrogen) atoms. The Balaban J connectivity index is 1.76. The Labute approximate surface area is 177 Å². The van der Waals surface area contributed by atoms with Crippen molar-refractivity contribution in [3.63, 3.8) is 0 Å². The van der Waals surface area contributed by atoms with Crippen molar-refractivity contribution in [2.24, 2.45) is 11.8 Å². The Kier molecular flexibility index (Phi) is 7.16. The van der Waals surface area contributed by atoms with Gasteiger partial charge in [-0.05, 0) is 48.9 Å². The van der Waals surface area contributed by atoms with Gasteiger partial charge in [0, 0.05) is 0 Å². The molecule has 8 heteroatoms. The van der Waals surface area contributed by atoms with Crippen LogP contribution in [0.4, 0.5) is 17.6 Å². The number of carbonyl (C=O) groups excluding carboxylic acids is 1. The van der Waals surface area contributed by atoms with Gasteiger partial charge in [0.15, 0.2) is 17.4 Å². The summed E-state index contributed by atoms with van der Waals surface area (Å²) in [6.45, 7) is 2.03. The Bertz CT molecular complexity index is 964. The number of rotatable bonds is 6. The molecule has 1 fully saturated rings. The van der Waals surface area contributed by atoms with E-state index in [1.807, 2.05) is 6.07 Å². The van der Waals surface area contributed by atoms with Crippen LogP contribution in [0.5, 0.6) is 11.5 Å². The molecule has 1 aliphatic rings. The number of hydrogen-bond donors (Lipinski definition) is 0. The zero-order valence-electron chi connectivity index (χ0n) is 16.9. The van der Waals surface area contributed by atoms with Gasteiger partial charge in [0.25, 0.3) is 0 Å². The summed E-state index contributed by atoms with van der Waals surface area (Å²) in [6, 6.07) is 6.88. The van der Waals surface area contributed by atoms with Gasteiger partial charge in [-0.2, -0.15) is 14.0 Å². The maximum atomic E-state index is 14.4. The number of carbonyl (C=O) groups is 1. The smallest absolute Gasteiger partial charge is 0.349 e. The summed E-state index contributed by atoms with van der Waals surface area (Å²) in [5.41, 5.74) is -1.23. The second-order valence-corrected chi connectivity index (χ2v) is 7.59. The predicted octanol–water partition coefficient (Wildman–Crippen LogP) is 5.93. The lowest BCUT2D eigenvalue weighted by Gasteiger charge is -2.27. The Morgan fingerprint density at radius 1 is 0.968 bits per heavy atom. The lowest BCUT2D eigenvalue weighted by Crippen LogP contribution is -2.22. The second-order valence-electron chi connectivity index (χ2n) is 7.59. The molecule has 4 nitrogen and oxygen atoms in total. The molecular formula is C23H21F4NO3. The summed E-state index contributed by atoms with van der Waals surface area (Å²) in [6.07, 6.45) is 4.62. The van der Waals surface area contributed by atoms with Crippen molar-refractivity contribution in [3.05, 3.63) is 58.7 Å². The highest BCUT2D eigenvalue weighted by Crippen LogP contribution is 2.34. The first-order chi connectivity index (χ1) is 14.8. The molecule has 0 heterocycles. The van der Waals surface area contributed by atoms with Gasteiger partial charge < -0.3 is 9.47 Å². The number of ether oxygens (including phenoxy) is 2. The van der Waals surface area contributed by atoms with E-state index in [0.717, 1.165) is 32.1 Å². The number of esters is 1. The van der Waals surface area contributed by atoms with Gasteiger partial charge in [0.05, 0.1) is 18.2 Å². The van der Waals surface area contributed by atoms with Crippen LogP contribution in [0.15, 0.2) is 24.3 Å². The number of halogens is 4. The number of nitrogens with zero attached hydrogens (tertiary/aromatic N) is 1. The number of hydrogen-bond acceptors (Lipinski definition) is 4. The molecule has 3 rings (SSSR count). The van der Waals surface area contributed by atoms with E-state index in [1.165, 1.54) is 24.3 Å². The molecule has 0 radical (unpaired) electrons. The average molecular weight is 435 g/mol. The van der Waals surface area contributed by atoms with E-state index >= 15 is 0 Å². The Morgan fingerprint density at radius 3 is 2.03 bits per heavy atom. The van der Waals surface area contributed by atoms with Crippen molar-refractivity contribution >= 4 is 5.97 Å². The van der Waals surface area contributed by atoms with Crippen LogP contribution >= 0.6 is 0 Å². The largest absolute Gasteiger partial charge is 0.487 e. The summed E-state index contributed by atoms with van der Waals surface area (Å²) in [5, 5.41) is 8.75. The lowest BCUT2D eigenvalue weighted by molar-refractivity contribution is 0.0720. The molecular weight excluding hydrogens is 414 g/mol. The molecule has 0 atom stereocenters. The summed E-state index contributed by atoms with van der Waals surface area (Å²) in [4.78, 5) is 12.1. The third-order valence-electron chi connectivity index (χ3n) is 5.63. The van der Waals surface area contributed by atoms with E-state index in [9.17, 15) is 22.4 Å². The fraction of sp³-hybridized carbons (Fsp3) is 0.391. The molecule has 0 aliphatic heterocycles. The maximum absolute atomic E-state index is 14.4. The molecule has 2 aromatic carbocycles. The van der Waals surface area contributed by atoms with Gasteiger partial charge in [0.1, 0.15) is 11.3 Å². The topological polar surface area (TPSA) is 59.3 Å². The average Bonchev–Trinajstić information content (AvgIpc) is 2.78. The van der Waals surface area contributed by atoms with Crippen molar-refractivity contribution < 1.29 is 31.8 Å². The Hall–Kier alpha value is -3.08. The molecule has 0 spiro atoms. The summed E-state index contributed by atoms with van der Waals surface area (Å²) >= 11 is 0. The van der Waals surface area contributed by atoms with Gasteiger partial charge in [-0.25, -0.2) is 13.6 Å². The van der Waals surface area contributed by atoms with E-state index in [-0.39, 0.29) is 23.8 Å². The third-order valence-corrected chi connectivity index (χ3v) is 5.63. The standard InChI is InChI=1S/C23H21F4NO3/c1-2-13-3-5-15(6-4-13)12-30-22-20(26)18(24)17(19(25)21(22)27)23(29)31-16-9-7-14(11-28)8-10-16/h7-10,13,15H,2-6,12H2,1H3. The van der Waals surface area contributed by atoms with Gasteiger partial charge >= 0.3 is 5.97 Å². The number of nitriles is 1. The second kappa shape index (κ2) is 9.82. The first kappa shape index (κ1) is 22.6. The monoisotopic (exact) mass is 435 g/mol. The molecule has 0 amide bonds. The first-order valence-corrected chi connectivity index (χ1v) is 10.1. The van der Waals surface area contributed by atoms with Crippen LogP contribution in [0.25, 0.3) is 0 Å². The van der Waals surface area contributed by atoms with Crippen LogP contribution in [0.1, 0.15) is 54.9 Å². The maximum Gasteiger partial charge on any atom is 0.349 e. The summed E-state index contributed by atoms with van der Waals surface area (Å²) in [7, 11) is 0. The minimum atomic E-state index is -1.89. The lowest BCUT2D eigenvalue weighted by atomic mass is 9.81. The summed E-state index contributed by atoms with van der Waals surface area (Å²) < 4.78 is 67.6. The van der Waals surface area contributed by atoms with Crippen molar-refractivity contribution in [2.45, 2.75) is 39.0 Å². The first-order valence-electron chi connectivity index (χ1n) is 10.1. The van der Waals surface area contributed by atoms with Gasteiger partial charge in [0.2, 0.25) is 11.6 Å². The molecule has 1 saturated carbocycles. The molecule has 1 aliphatic carbocycles. The summed E-state index contributed by atoms with van der Waals surface area (Å²) in [5.74, 6) is -9.63. The molecule has 0 aromatic heterocycles. The van der Waals surface area contributed by atoms with Crippen molar-refractivity contribution in [1.29, 1.82) is 5.26 Å². The normalized spacial score (nSPS) is 18.3. The fourth-order valence-electron chi connectivity index (χ4n) is 3.68. The highest BCUT2D eigenvalue weighted by Gasteiger charge is 2.32. The van der Waals surface area contributed by atoms with Crippen LogP contribution in [0.2, 0.25) is 0 Å². The van der Waals surface area contributed by atoms with E-state index in [2.05, 4.69) is 6.92 Å². The zero-order valence-corrected chi connectivity index (χ0v) is 16.9. The Morgan fingerprint density at radius 2 is 1.52 bits per heavy atom. The van der Waals surface area contributed by atoms with E-state index < -0.39 is 40.6 Å². The minimum absolute atomic E-state index is 0.0359. The van der Waals surface area contributed by atoms with E-state index in [1.54, 1.807) is 0 Å². The van der Waals surface area contributed by atoms with Crippen LogP contribution in [-0.2, 0) is 0 Å². The van der Waals surface area contributed by atoms with Crippen LogP contribution in [-0.4, -0.2) is 12.6 Å². The molecule has 0 bridgehead atoms. The van der Waals surface area contributed by atoms with Crippen molar-refractivity contribution in [3.8, 4) is 17.6 Å². The fourth-order valence-corrected chi connectivity index (χ4v) is 3.68. The van der Waals surface area contributed by atoms with Gasteiger partial charge in [-0.3, -0.25) is 0 Å².